The number of hydrogen-bond acceptors (Lipinski definition) is 2. The van der Waals surface area contributed by atoms with Crippen LogP contribution in [0.4, 0.5) is 13.2 Å². The molecule has 0 aromatic carbocycles. The molecule has 0 spiro atoms. The molecule has 0 amide bonds. The second kappa shape index (κ2) is 3.37. The van der Waals surface area contributed by atoms with Crippen LogP contribution in [0, 0.1) is 0 Å². The standard InChI is InChI=1S/C7H5F3O2S/c8-7(9,10)5-1-4(3-13-5)2-6(11)12/h1,3H,2H2,(H,11,12). The van der Waals surface area contributed by atoms with Crippen molar-refractivity contribution in [3.8, 4) is 0 Å². The molecule has 72 valence electrons. The number of halogens is 3. The topological polar surface area (TPSA) is 37.3 Å². The highest BCUT2D eigenvalue weighted by Crippen LogP contribution is 2.34. The van der Waals surface area contributed by atoms with Crippen LogP contribution in [-0.4, -0.2) is 11.1 Å². The van der Waals surface area contributed by atoms with E-state index in [4.69, 9.17) is 5.11 Å². The quantitative estimate of drug-likeness (QED) is 0.813. The van der Waals surface area contributed by atoms with Crippen LogP contribution < -0.4 is 0 Å². The molecule has 0 fully saturated rings. The number of carboxylic acid groups (broad SMARTS) is 1. The van der Waals surface area contributed by atoms with Gasteiger partial charge < -0.3 is 5.11 Å². The van der Waals surface area contributed by atoms with Gasteiger partial charge in [-0.2, -0.15) is 13.2 Å². The molecule has 0 unspecified atom stereocenters. The Hall–Kier alpha value is -1.04. The first kappa shape index (κ1) is 10.0. The van der Waals surface area contributed by atoms with Crippen molar-refractivity contribution >= 4 is 17.3 Å². The first-order chi connectivity index (χ1) is 5.89. The maximum absolute atomic E-state index is 12.0. The van der Waals surface area contributed by atoms with Gasteiger partial charge in [-0.1, -0.05) is 0 Å². The molecule has 0 aliphatic rings. The molecule has 1 heterocycles. The number of alkyl halides is 3. The summed E-state index contributed by atoms with van der Waals surface area (Å²) in [5, 5.41) is 9.51. The largest absolute Gasteiger partial charge is 0.481 e. The summed E-state index contributed by atoms with van der Waals surface area (Å²) >= 11 is 0.510. The summed E-state index contributed by atoms with van der Waals surface area (Å²) in [5.41, 5.74) is 0.185. The van der Waals surface area contributed by atoms with E-state index in [1.807, 2.05) is 0 Å². The first-order valence-electron chi connectivity index (χ1n) is 3.26. The third-order valence-electron chi connectivity index (χ3n) is 1.29. The van der Waals surface area contributed by atoms with Crippen molar-refractivity contribution in [2.75, 3.05) is 0 Å². The number of carboxylic acids is 1. The minimum absolute atomic E-state index is 0.185. The zero-order valence-corrected chi connectivity index (χ0v) is 7.08. The SMILES string of the molecule is O=C(O)Cc1csc(C(F)(F)F)c1. The summed E-state index contributed by atoms with van der Waals surface area (Å²) < 4.78 is 36.0. The third kappa shape index (κ3) is 2.73. The van der Waals surface area contributed by atoms with Gasteiger partial charge in [-0.3, -0.25) is 4.79 Å². The van der Waals surface area contributed by atoms with Crippen LogP contribution >= 0.6 is 11.3 Å². The molecule has 0 saturated heterocycles. The second-order valence-electron chi connectivity index (χ2n) is 2.39. The van der Waals surface area contributed by atoms with Crippen molar-refractivity contribution in [2.24, 2.45) is 0 Å². The lowest BCUT2D eigenvalue weighted by Crippen LogP contribution is -2.02. The van der Waals surface area contributed by atoms with Crippen LogP contribution in [0.25, 0.3) is 0 Å². The lowest BCUT2D eigenvalue weighted by Gasteiger charge is -2.00. The molecule has 1 aromatic heterocycles. The van der Waals surface area contributed by atoms with Gasteiger partial charge in [-0.15, -0.1) is 11.3 Å². The number of rotatable bonds is 2. The Labute approximate surface area is 75.6 Å². The highest BCUT2D eigenvalue weighted by Gasteiger charge is 2.32. The van der Waals surface area contributed by atoms with E-state index in [1.165, 1.54) is 5.38 Å². The zero-order chi connectivity index (χ0) is 10.1. The Morgan fingerprint density at radius 3 is 2.54 bits per heavy atom. The molecular formula is C7H5F3O2S. The van der Waals surface area contributed by atoms with Crippen molar-refractivity contribution in [1.29, 1.82) is 0 Å². The first-order valence-corrected chi connectivity index (χ1v) is 4.14. The molecule has 2 nitrogen and oxygen atoms in total. The van der Waals surface area contributed by atoms with Crippen LogP contribution in [0.1, 0.15) is 10.4 Å². The summed E-state index contributed by atoms with van der Waals surface area (Å²) in [5.74, 6) is -1.13. The molecule has 6 heteroatoms. The van der Waals surface area contributed by atoms with Gasteiger partial charge in [0.1, 0.15) is 4.88 Å². The second-order valence-corrected chi connectivity index (χ2v) is 3.30. The van der Waals surface area contributed by atoms with Crippen LogP contribution in [-0.2, 0) is 17.4 Å². The predicted molar refractivity (Wildman–Crippen MR) is 40.7 cm³/mol. The van der Waals surface area contributed by atoms with Gasteiger partial charge in [0.25, 0.3) is 0 Å². The molecule has 1 N–H and O–H groups in total. The molecule has 0 aliphatic heterocycles. The van der Waals surface area contributed by atoms with Crippen LogP contribution in [0.15, 0.2) is 11.4 Å². The molecule has 0 bridgehead atoms. The Kier molecular flexibility index (Phi) is 2.60. The van der Waals surface area contributed by atoms with Crippen LogP contribution in [0.5, 0.6) is 0 Å². The number of aliphatic carboxylic acids is 1. The predicted octanol–water partition coefficient (Wildman–Crippen LogP) is 2.39. The van der Waals surface area contributed by atoms with E-state index in [1.54, 1.807) is 0 Å². The fourth-order valence-corrected chi connectivity index (χ4v) is 1.57. The molecule has 0 aliphatic carbocycles. The molecule has 0 saturated carbocycles. The van der Waals surface area contributed by atoms with Gasteiger partial charge in [0, 0.05) is 0 Å². The molecule has 0 atom stereocenters. The number of hydrogen-bond donors (Lipinski definition) is 1. The van der Waals surface area contributed by atoms with Gasteiger partial charge in [0.15, 0.2) is 0 Å². The summed E-state index contributed by atoms with van der Waals surface area (Å²) in [7, 11) is 0. The van der Waals surface area contributed by atoms with Crippen molar-refractivity contribution in [3.63, 3.8) is 0 Å². The van der Waals surface area contributed by atoms with E-state index in [2.05, 4.69) is 0 Å². The van der Waals surface area contributed by atoms with Crippen molar-refractivity contribution < 1.29 is 23.1 Å². The van der Waals surface area contributed by atoms with E-state index in [0.717, 1.165) is 6.07 Å². The summed E-state index contributed by atoms with van der Waals surface area (Å²) in [6, 6.07) is 0.860. The zero-order valence-electron chi connectivity index (χ0n) is 6.26. The van der Waals surface area contributed by atoms with Crippen LogP contribution in [0.3, 0.4) is 0 Å². The summed E-state index contributed by atoms with van der Waals surface area (Å²) in [4.78, 5) is 9.39. The van der Waals surface area contributed by atoms with Crippen molar-refractivity contribution in [2.45, 2.75) is 12.6 Å². The van der Waals surface area contributed by atoms with E-state index in [-0.39, 0.29) is 12.0 Å². The Morgan fingerprint density at radius 2 is 2.15 bits per heavy atom. The normalized spacial score (nSPS) is 11.6. The fourth-order valence-electron chi connectivity index (χ4n) is 0.792. The number of thiophene rings is 1. The van der Waals surface area contributed by atoms with Crippen LogP contribution in [0.2, 0.25) is 0 Å². The number of carbonyl (C=O) groups is 1. The lowest BCUT2D eigenvalue weighted by atomic mass is 10.2. The Morgan fingerprint density at radius 1 is 1.54 bits per heavy atom. The minimum atomic E-state index is -4.37. The highest BCUT2D eigenvalue weighted by molar-refractivity contribution is 7.10. The molecule has 1 aromatic rings. The van der Waals surface area contributed by atoms with E-state index in [0.29, 0.717) is 11.3 Å². The fraction of sp³-hybridized carbons (Fsp3) is 0.286. The summed E-state index contributed by atoms with van der Waals surface area (Å²) in [6.45, 7) is 0. The molecule has 0 radical (unpaired) electrons. The molecular weight excluding hydrogens is 205 g/mol. The van der Waals surface area contributed by atoms with Crippen molar-refractivity contribution in [1.82, 2.24) is 0 Å². The monoisotopic (exact) mass is 210 g/mol. The Balaban J connectivity index is 2.81. The Bertz CT molecular complexity index is 316. The van der Waals surface area contributed by atoms with E-state index >= 15 is 0 Å². The molecule has 1 rings (SSSR count). The van der Waals surface area contributed by atoms with Gasteiger partial charge in [0.2, 0.25) is 0 Å². The maximum atomic E-state index is 12.0. The van der Waals surface area contributed by atoms with Gasteiger partial charge in [-0.25, -0.2) is 0 Å². The van der Waals surface area contributed by atoms with Gasteiger partial charge in [0.05, 0.1) is 6.42 Å². The summed E-state index contributed by atoms with van der Waals surface area (Å²) in [6.07, 6.45) is -4.74. The van der Waals surface area contributed by atoms with Crippen molar-refractivity contribution in [3.05, 3.63) is 21.9 Å². The minimum Gasteiger partial charge on any atom is -0.481 e. The smallest absolute Gasteiger partial charge is 0.425 e. The van der Waals surface area contributed by atoms with Gasteiger partial charge >= 0.3 is 12.1 Å². The lowest BCUT2D eigenvalue weighted by molar-refractivity contribution is -0.137. The average Bonchev–Trinajstić information content (AvgIpc) is 2.32. The average molecular weight is 210 g/mol. The highest BCUT2D eigenvalue weighted by atomic mass is 32.1. The third-order valence-corrected chi connectivity index (χ3v) is 2.31. The maximum Gasteiger partial charge on any atom is 0.425 e. The molecule has 13 heavy (non-hydrogen) atoms. The van der Waals surface area contributed by atoms with E-state index < -0.39 is 17.0 Å². The van der Waals surface area contributed by atoms with E-state index in [9.17, 15) is 18.0 Å². The van der Waals surface area contributed by atoms with Gasteiger partial charge in [-0.05, 0) is 17.0 Å².